The molecular formula is C12H23N5O. The molecule has 0 amide bonds. The molecule has 0 spiro atoms. The van der Waals surface area contributed by atoms with Crippen LogP contribution in [0.25, 0.3) is 0 Å². The van der Waals surface area contributed by atoms with E-state index in [0.29, 0.717) is 19.0 Å². The fourth-order valence-electron chi connectivity index (χ4n) is 1.78. The highest BCUT2D eigenvalue weighted by molar-refractivity contribution is 5.58. The highest BCUT2D eigenvalue weighted by Crippen LogP contribution is 2.27. The van der Waals surface area contributed by atoms with Crippen LogP contribution in [0.15, 0.2) is 6.33 Å². The smallest absolute Gasteiger partial charge is 0.148 e. The molecule has 1 aromatic rings. The number of nitrogens with zero attached hydrogens (tertiary/aromatic N) is 2. The van der Waals surface area contributed by atoms with E-state index in [-0.39, 0.29) is 12.0 Å². The van der Waals surface area contributed by atoms with Crippen LogP contribution in [0.1, 0.15) is 39.2 Å². The molecule has 4 N–H and O–H groups in total. The van der Waals surface area contributed by atoms with Gasteiger partial charge < -0.3 is 15.5 Å². The number of hydrogen-bond acceptors (Lipinski definition) is 6. The third kappa shape index (κ3) is 3.82. The number of hydrazine groups is 1. The minimum absolute atomic E-state index is 0.138. The van der Waals surface area contributed by atoms with Crippen molar-refractivity contribution >= 4 is 11.6 Å². The molecule has 1 unspecified atom stereocenters. The Balaban J connectivity index is 2.81. The van der Waals surface area contributed by atoms with Gasteiger partial charge in [0, 0.05) is 18.7 Å². The number of rotatable bonds is 7. The molecular weight excluding hydrogens is 230 g/mol. The molecule has 0 saturated heterocycles. The summed E-state index contributed by atoms with van der Waals surface area (Å²) in [4.78, 5) is 8.39. The molecule has 0 saturated carbocycles. The van der Waals surface area contributed by atoms with Crippen LogP contribution in [-0.2, 0) is 4.74 Å². The summed E-state index contributed by atoms with van der Waals surface area (Å²) in [7, 11) is 0. The second-order valence-corrected chi connectivity index (χ2v) is 4.43. The normalized spacial score (nSPS) is 12.6. The van der Waals surface area contributed by atoms with Gasteiger partial charge in [0.2, 0.25) is 0 Å². The van der Waals surface area contributed by atoms with Crippen molar-refractivity contribution in [2.75, 3.05) is 23.9 Å². The third-order valence-corrected chi connectivity index (χ3v) is 2.61. The number of ether oxygens (including phenoxy) is 1. The zero-order chi connectivity index (χ0) is 13.5. The Bertz CT molecular complexity index is 369. The van der Waals surface area contributed by atoms with Crippen LogP contribution in [0, 0.1) is 0 Å². The third-order valence-electron chi connectivity index (χ3n) is 2.61. The Morgan fingerprint density at radius 2 is 1.94 bits per heavy atom. The molecule has 0 fully saturated rings. The summed E-state index contributed by atoms with van der Waals surface area (Å²) in [6.45, 7) is 9.58. The number of nitrogens with one attached hydrogen (secondary N) is 2. The minimum Gasteiger partial charge on any atom is -0.377 e. The summed E-state index contributed by atoms with van der Waals surface area (Å²) < 4.78 is 5.47. The first-order chi connectivity index (χ1) is 8.60. The van der Waals surface area contributed by atoms with E-state index in [1.54, 1.807) is 0 Å². The van der Waals surface area contributed by atoms with Gasteiger partial charge >= 0.3 is 0 Å². The highest BCUT2D eigenvalue weighted by Gasteiger charge is 2.14. The highest BCUT2D eigenvalue weighted by atomic mass is 16.5. The molecule has 1 aromatic heterocycles. The van der Waals surface area contributed by atoms with Gasteiger partial charge in [0.1, 0.15) is 18.0 Å². The maximum Gasteiger partial charge on any atom is 0.148 e. The fraction of sp³-hybridized carbons (Fsp3) is 0.667. The number of aromatic nitrogens is 2. The van der Waals surface area contributed by atoms with E-state index in [9.17, 15) is 0 Å². The Labute approximate surface area is 108 Å². The van der Waals surface area contributed by atoms with Gasteiger partial charge in [0.15, 0.2) is 0 Å². The van der Waals surface area contributed by atoms with E-state index in [1.165, 1.54) is 6.33 Å². The fourth-order valence-corrected chi connectivity index (χ4v) is 1.78. The summed E-state index contributed by atoms with van der Waals surface area (Å²) in [6.07, 6.45) is 1.63. The molecule has 1 heterocycles. The minimum atomic E-state index is 0.138. The lowest BCUT2D eigenvalue weighted by atomic mass is 10.0. The molecule has 0 aliphatic heterocycles. The van der Waals surface area contributed by atoms with Gasteiger partial charge in [-0.2, -0.15) is 0 Å². The van der Waals surface area contributed by atoms with Gasteiger partial charge in [0.05, 0.1) is 6.10 Å². The topological polar surface area (TPSA) is 85.1 Å². The van der Waals surface area contributed by atoms with Crippen LogP contribution in [0.5, 0.6) is 0 Å². The standard InChI is InChI=1S/C12H23N5O/c1-5-18-9(4)6-14-11-10(8(2)3)12(17-13)16-7-15-11/h7-9H,5-6,13H2,1-4H3,(H2,14,15,16,17). The van der Waals surface area contributed by atoms with E-state index < -0.39 is 0 Å². The molecule has 0 radical (unpaired) electrons. The van der Waals surface area contributed by atoms with Gasteiger partial charge in [-0.3, -0.25) is 0 Å². The maximum absolute atomic E-state index is 5.47. The summed E-state index contributed by atoms with van der Waals surface area (Å²) in [5.41, 5.74) is 3.60. The maximum atomic E-state index is 5.47. The first kappa shape index (κ1) is 14.7. The first-order valence-corrected chi connectivity index (χ1v) is 6.27. The monoisotopic (exact) mass is 253 g/mol. The molecule has 6 nitrogen and oxygen atoms in total. The van der Waals surface area contributed by atoms with Crippen LogP contribution in [0.4, 0.5) is 11.6 Å². The Morgan fingerprint density at radius 1 is 1.28 bits per heavy atom. The van der Waals surface area contributed by atoms with Crippen LogP contribution < -0.4 is 16.6 Å². The van der Waals surface area contributed by atoms with E-state index >= 15 is 0 Å². The lowest BCUT2D eigenvalue weighted by Gasteiger charge is -2.18. The second-order valence-electron chi connectivity index (χ2n) is 4.43. The first-order valence-electron chi connectivity index (χ1n) is 6.27. The largest absolute Gasteiger partial charge is 0.377 e. The van der Waals surface area contributed by atoms with Crippen LogP contribution >= 0.6 is 0 Å². The Hall–Kier alpha value is -1.40. The predicted octanol–water partition coefficient (Wildman–Crippen LogP) is 1.72. The molecule has 1 atom stereocenters. The number of hydrogen-bond donors (Lipinski definition) is 3. The number of nitrogen functional groups attached to an aromatic ring is 1. The van der Waals surface area contributed by atoms with Crippen LogP contribution in [0.2, 0.25) is 0 Å². The molecule has 18 heavy (non-hydrogen) atoms. The number of nitrogens with two attached hydrogens (primary N) is 1. The average molecular weight is 253 g/mol. The van der Waals surface area contributed by atoms with Gasteiger partial charge in [-0.15, -0.1) is 0 Å². The number of anilines is 2. The lowest BCUT2D eigenvalue weighted by Crippen LogP contribution is -2.22. The molecule has 6 heteroatoms. The van der Waals surface area contributed by atoms with E-state index in [2.05, 4.69) is 34.6 Å². The van der Waals surface area contributed by atoms with Crippen molar-refractivity contribution in [3.05, 3.63) is 11.9 Å². The zero-order valence-electron chi connectivity index (χ0n) is 11.5. The van der Waals surface area contributed by atoms with Gasteiger partial charge in [0.25, 0.3) is 0 Å². The van der Waals surface area contributed by atoms with E-state index in [0.717, 1.165) is 11.4 Å². The molecule has 0 aromatic carbocycles. The SMILES string of the molecule is CCOC(C)CNc1ncnc(NN)c1C(C)C. The Kier molecular flexibility index (Phi) is 5.80. The Morgan fingerprint density at radius 3 is 2.50 bits per heavy atom. The van der Waals surface area contributed by atoms with E-state index in [4.69, 9.17) is 10.6 Å². The van der Waals surface area contributed by atoms with Crippen molar-refractivity contribution in [2.45, 2.75) is 39.7 Å². The van der Waals surface area contributed by atoms with Crippen molar-refractivity contribution in [1.82, 2.24) is 9.97 Å². The molecule has 102 valence electrons. The summed E-state index contributed by atoms with van der Waals surface area (Å²) >= 11 is 0. The molecule has 0 aliphatic carbocycles. The summed E-state index contributed by atoms with van der Waals surface area (Å²) in [5.74, 6) is 7.21. The second kappa shape index (κ2) is 7.13. The summed E-state index contributed by atoms with van der Waals surface area (Å²) in [5, 5.41) is 3.28. The average Bonchev–Trinajstić information content (AvgIpc) is 2.35. The van der Waals surface area contributed by atoms with Crippen molar-refractivity contribution < 1.29 is 4.74 Å². The van der Waals surface area contributed by atoms with Crippen molar-refractivity contribution in [3.63, 3.8) is 0 Å². The zero-order valence-corrected chi connectivity index (χ0v) is 11.5. The van der Waals surface area contributed by atoms with Gasteiger partial charge in [-0.1, -0.05) is 13.8 Å². The summed E-state index contributed by atoms with van der Waals surface area (Å²) in [6, 6.07) is 0. The van der Waals surface area contributed by atoms with Gasteiger partial charge in [-0.05, 0) is 19.8 Å². The van der Waals surface area contributed by atoms with Crippen LogP contribution in [0.3, 0.4) is 0 Å². The molecule has 1 rings (SSSR count). The van der Waals surface area contributed by atoms with Crippen molar-refractivity contribution in [2.24, 2.45) is 5.84 Å². The quantitative estimate of drug-likeness (QED) is 0.507. The molecule has 0 aliphatic rings. The van der Waals surface area contributed by atoms with Crippen molar-refractivity contribution in [1.29, 1.82) is 0 Å². The molecule has 0 bridgehead atoms. The van der Waals surface area contributed by atoms with Crippen LogP contribution in [-0.4, -0.2) is 29.2 Å². The van der Waals surface area contributed by atoms with Crippen molar-refractivity contribution in [3.8, 4) is 0 Å². The van der Waals surface area contributed by atoms with Gasteiger partial charge in [-0.25, -0.2) is 15.8 Å². The van der Waals surface area contributed by atoms with E-state index in [1.807, 2.05) is 13.8 Å². The lowest BCUT2D eigenvalue weighted by molar-refractivity contribution is 0.0854. The predicted molar refractivity (Wildman–Crippen MR) is 73.5 cm³/mol.